The Morgan fingerprint density at radius 2 is 0.827 bits per heavy atom. The second kappa shape index (κ2) is 23.3. The maximum Gasteiger partial charge on any atom is 0.493 e. The van der Waals surface area contributed by atoms with E-state index in [1.807, 2.05) is 14.2 Å². The Bertz CT molecular complexity index is 1200. The minimum absolute atomic E-state index is 0.180. The zero-order valence-electron chi connectivity index (χ0n) is 33.2. The first kappa shape index (κ1) is 41.5. The van der Waals surface area contributed by atoms with Crippen molar-refractivity contribution < 1.29 is 28.1 Å². The molecule has 6 rings (SSSR count). The number of hydrogen-bond donors (Lipinski definition) is 0. The highest BCUT2D eigenvalue weighted by Gasteiger charge is 2.31. The van der Waals surface area contributed by atoms with Crippen molar-refractivity contribution >= 4 is 25.2 Å². The molecule has 0 N–H and O–H groups in total. The van der Waals surface area contributed by atoms with E-state index >= 15 is 0 Å². The fourth-order valence-electron chi connectivity index (χ4n) is 8.64. The highest BCUT2D eigenvalue weighted by atomic mass is 16.6. The highest BCUT2D eigenvalue weighted by Crippen LogP contribution is 2.34. The van der Waals surface area contributed by atoms with Gasteiger partial charge >= 0.3 is 14.2 Å². The number of benzene rings is 2. The highest BCUT2D eigenvalue weighted by molar-refractivity contribution is 6.61. The lowest BCUT2D eigenvalue weighted by molar-refractivity contribution is 0.0658. The van der Waals surface area contributed by atoms with Gasteiger partial charge in [-0.2, -0.15) is 0 Å². The quantitative estimate of drug-likeness (QED) is 0.128. The van der Waals surface area contributed by atoms with Gasteiger partial charge in [0.05, 0.1) is 12.2 Å². The molecule has 6 nitrogen and oxygen atoms in total. The van der Waals surface area contributed by atoms with Crippen LogP contribution < -0.4 is 10.9 Å². The number of rotatable bonds is 16. The van der Waals surface area contributed by atoms with Crippen LogP contribution in [0.3, 0.4) is 0 Å². The molecule has 288 valence electrons. The van der Waals surface area contributed by atoms with Crippen LogP contribution in [0.25, 0.3) is 0 Å². The summed E-state index contributed by atoms with van der Waals surface area (Å²) < 4.78 is 35.0. The normalized spacial score (nSPS) is 24.8. The lowest BCUT2D eigenvalue weighted by atomic mass is 9.75. The molecule has 4 fully saturated rings. The molecule has 2 aliphatic heterocycles. The van der Waals surface area contributed by atoms with E-state index in [0.717, 1.165) is 37.4 Å². The molecule has 2 saturated heterocycles. The summed E-state index contributed by atoms with van der Waals surface area (Å²) in [4.78, 5) is 0. The van der Waals surface area contributed by atoms with Crippen LogP contribution in [0.1, 0.15) is 152 Å². The fraction of sp³-hybridized carbons (Fsp3) is 0.727. The molecular formula is C44H70B2O6. The molecule has 2 aliphatic carbocycles. The van der Waals surface area contributed by atoms with Gasteiger partial charge in [0.2, 0.25) is 0 Å². The van der Waals surface area contributed by atoms with Gasteiger partial charge in [0, 0.05) is 52.5 Å². The summed E-state index contributed by atoms with van der Waals surface area (Å²) >= 11 is 0. The van der Waals surface area contributed by atoms with Crippen molar-refractivity contribution in [2.45, 2.75) is 153 Å². The van der Waals surface area contributed by atoms with Crippen molar-refractivity contribution in [1.82, 2.24) is 0 Å². The third-order valence-corrected chi connectivity index (χ3v) is 12.2. The van der Waals surface area contributed by atoms with Crippen molar-refractivity contribution in [2.24, 2.45) is 11.8 Å². The van der Waals surface area contributed by atoms with E-state index in [4.69, 9.17) is 28.1 Å². The molecule has 0 atom stereocenters. The molecule has 52 heavy (non-hydrogen) atoms. The molecule has 2 saturated carbocycles. The molecule has 4 aliphatic rings. The Morgan fingerprint density at radius 3 is 1.19 bits per heavy atom. The first-order valence-electron chi connectivity index (χ1n) is 21.3. The molecule has 0 unspecified atom stereocenters. The topological polar surface area (TPSA) is 55.4 Å². The Hall–Kier alpha value is -1.67. The van der Waals surface area contributed by atoms with Crippen LogP contribution in [0.5, 0.6) is 0 Å². The Morgan fingerprint density at radius 1 is 0.481 bits per heavy atom. The molecule has 0 radical (unpaired) electrons. The van der Waals surface area contributed by atoms with Gasteiger partial charge in [-0.15, -0.1) is 0 Å². The lowest BCUT2D eigenvalue weighted by Crippen LogP contribution is -2.44. The third-order valence-electron chi connectivity index (χ3n) is 12.2. The van der Waals surface area contributed by atoms with Gasteiger partial charge in [-0.3, -0.25) is 0 Å². The average Bonchev–Trinajstić information content (AvgIpc) is 3.22. The predicted molar refractivity (Wildman–Crippen MR) is 216 cm³/mol. The Labute approximate surface area is 318 Å². The molecular weight excluding hydrogens is 646 g/mol. The third kappa shape index (κ3) is 13.3. The smallest absolute Gasteiger partial charge is 0.407 e. The summed E-state index contributed by atoms with van der Waals surface area (Å²) in [5.74, 6) is 2.49. The van der Waals surface area contributed by atoms with E-state index in [9.17, 15) is 0 Å². The van der Waals surface area contributed by atoms with E-state index in [-0.39, 0.29) is 14.2 Å². The van der Waals surface area contributed by atoms with Crippen molar-refractivity contribution in [3.05, 3.63) is 59.7 Å². The first-order chi connectivity index (χ1) is 25.6. The number of hydrogen-bond acceptors (Lipinski definition) is 6. The molecule has 8 heteroatoms. The maximum atomic E-state index is 6.03. The van der Waals surface area contributed by atoms with E-state index in [1.54, 1.807) is 0 Å². The van der Waals surface area contributed by atoms with Gasteiger partial charge in [0.15, 0.2) is 0 Å². The molecule has 0 spiro atoms. The van der Waals surface area contributed by atoms with E-state index in [2.05, 4.69) is 62.4 Å². The average molecular weight is 717 g/mol. The zero-order chi connectivity index (χ0) is 36.4. The number of methoxy groups -OCH3 is 2. The lowest BCUT2D eigenvalue weighted by Gasteiger charge is -2.29. The summed E-state index contributed by atoms with van der Waals surface area (Å²) in [6.07, 6.45) is 23.6. The van der Waals surface area contributed by atoms with Gasteiger partial charge in [-0.1, -0.05) is 114 Å². The monoisotopic (exact) mass is 717 g/mol. The van der Waals surface area contributed by atoms with Gasteiger partial charge < -0.3 is 28.1 Å². The SMILES string of the molecule is CCCCCC1COB(c2ccc(C3CCC(OC)CC3)cc2)OC1.CCCCCCCC1COB(c2ccc(C3CCC(OC)CC3)cc2)OC1. The van der Waals surface area contributed by atoms with Gasteiger partial charge in [0.1, 0.15) is 0 Å². The van der Waals surface area contributed by atoms with Crippen LogP contribution in [-0.4, -0.2) is 67.1 Å². The minimum atomic E-state index is -0.181. The van der Waals surface area contributed by atoms with Gasteiger partial charge in [0.25, 0.3) is 0 Å². The van der Waals surface area contributed by atoms with Crippen molar-refractivity contribution in [2.75, 3.05) is 40.6 Å². The second-order valence-corrected chi connectivity index (χ2v) is 16.2. The van der Waals surface area contributed by atoms with Gasteiger partial charge in [-0.25, -0.2) is 0 Å². The Balaban J connectivity index is 0.000000202. The number of ether oxygens (including phenoxy) is 2. The molecule has 0 aromatic heterocycles. The molecule has 2 aromatic rings. The second-order valence-electron chi connectivity index (χ2n) is 16.2. The van der Waals surface area contributed by atoms with Crippen LogP contribution in [-0.2, 0) is 28.1 Å². The van der Waals surface area contributed by atoms with Crippen molar-refractivity contribution in [1.29, 1.82) is 0 Å². The van der Waals surface area contributed by atoms with Crippen LogP contribution >= 0.6 is 0 Å². The Kier molecular flexibility index (Phi) is 18.6. The molecule has 2 aromatic carbocycles. The van der Waals surface area contributed by atoms with E-state index in [1.165, 1.54) is 127 Å². The van der Waals surface area contributed by atoms with Crippen LogP contribution in [0.2, 0.25) is 0 Å². The van der Waals surface area contributed by atoms with Crippen molar-refractivity contribution in [3.63, 3.8) is 0 Å². The maximum absolute atomic E-state index is 6.03. The molecule has 2 heterocycles. The first-order valence-corrected chi connectivity index (χ1v) is 21.3. The zero-order valence-corrected chi connectivity index (χ0v) is 33.2. The van der Waals surface area contributed by atoms with Crippen LogP contribution in [0.15, 0.2) is 48.5 Å². The van der Waals surface area contributed by atoms with Crippen LogP contribution in [0.4, 0.5) is 0 Å². The molecule has 0 amide bonds. The molecule has 0 bridgehead atoms. The van der Waals surface area contributed by atoms with Crippen molar-refractivity contribution in [3.8, 4) is 0 Å². The van der Waals surface area contributed by atoms with E-state index in [0.29, 0.717) is 35.9 Å². The predicted octanol–water partition coefficient (Wildman–Crippen LogP) is 9.38. The minimum Gasteiger partial charge on any atom is -0.407 e. The summed E-state index contributed by atoms with van der Waals surface area (Å²) in [5.41, 5.74) is 5.22. The largest absolute Gasteiger partial charge is 0.493 e. The standard InChI is InChI=1S/C23H37BO3.C21H33BO3/c1-3-4-5-6-7-8-19-17-26-24(27-18-19)22-13-9-20(10-14-22)21-11-15-23(25-2)16-12-21;1-3-4-5-6-17-15-24-22(25-16-17)20-11-7-18(8-12-20)19-9-13-21(23-2)14-10-19/h9-10,13-14,19,21,23H,3-8,11-12,15-18H2,1-2H3;7-8,11-12,17,19,21H,3-6,9-10,13-16H2,1-2H3. The summed E-state index contributed by atoms with van der Waals surface area (Å²) in [5, 5.41) is 0. The number of unbranched alkanes of at least 4 members (excludes halogenated alkanes) is 6. The summed E-state index contributed by atoms with van der Waals surface area (Å²) in [7, 11) is 3.31. The summed E-state index contributed by atoms with van der Waals surface area (Å²) in [6.45, 7) is 7.84. The summed E-state index contributed by atoms with van der Waals surface area (Å²) in [6, 6.07) is 17.9. The van der Waals surface area contributed by atoms with Crippen LogP contribution in [0, 0.1) is 11.8 Å². The van der Waals surface area contributed by atoms with Gasteiger partial charge in [-0.05, 0) is 98.1 Å². The fourth-order valence-corrected chi connectivity index (χ4v) is 8.64. The van der Waals surface area contributed by atoms with E-state index < -0.39 is 0 Å².